The van der Waals surface area contributed by atoms with Gasteiger partial charge in [-0.2, -0.15) is 0 Å². The van der Waals surface area contributed by atoms with Crippen LogP contribution in [0.25, 0.3) is 0 Å². The second kappa shape index (κ2) is 4.70. The maximum absolute atomic E-state index is 11.1. The van der Waals surface area contributed by atoms with Crippen LogP contribution in [0.2, 0.25) is 0 Å². The van der Waals surface area contributed by atoms with Gasteiger partial charge >= 0.3 is 5.97 Å². The quantitative estimate of drug-likeness (QED) is 0.543. The van der Waals surface area contributed by atoms with Crippen molar-refractivity contribution in [3.63, 3.8) is 0 Å². The molecule has 1 aliphatic heterocycles. The van der Waals surface area contributed by atoms with Gasteiger partial charge in [0.15, 0.2) is 12.4 Å². The lowest BCUT2D eigenvalue weighted by Crippen LogP contribution is -2.51. The van der Waals surface area contributed by atoms with E-state index in [0.717, 1.165) is 0 Å². The van der Waals surface area contributed by atoms with E-state index in [4.69, 9.17) is 9.47 Å². The Kier molecular flexibility index (Phi) is 3.82. The number of hydrogen-bond donors (Lipinski definition) is 2. The van der Waals surface area contributed by atoms with Crippen molar-refractivity contribution < 1.29 is 29.2 Å². The molecule has 6 nitrogen and oxygen atoms in total. The Labute approximate surface area is 81.4 Å². The molecule has 0 aromatic carbocycles. The highest BCUT2D eigenvalue weighted by Crippen LogP contribution is 2.21. The van der Waals surface area contributed by atoms with Gasteiger partial charge < -0.3 is 24.4 Å². The number of methoxy groups -OCH3 is 2. The van der Waals surface area contributed by atoms with E-state index >= 15 is 0 Å². The number of rotatable bonds is 2. The zero-order valence-corrected chi connectivity index (χ0v) is 8.04. The second-order valence-electron chi connectivity index (χ2n) is 3.05. The molecule has 14 heavy (non-hydrogen) atoms. The third kappa shape index (κ3) is 2.21. The van der Waals surface area contributed by atoms with Crippen molar-refractivity contribution in [1.29, 1.82) is 0 Å². The van der Waals surface area contributed by atoms with E-state index in [1.54, 1.807) is 0 Å². The first-order chi connectivity index (χ1) is 6.60. The fraction of sp³-hybridized carbons (Fsp3) is 0.875. The van der Waals surface area contributed by atoms with Gasteiger partial charge in [-0.3, -0.25) is 0 Å². The largest absolute Gasteiger partial charge is 0.467 e. The van der Waals surface area contributed by atoms with Crippen LogP contribution in [0.15, 0.2) is 0 Å². The number of carbonyl (C=O) groups is 1. The minimum atomic E-state index is -1.14. The van der Waals surface area contributed by atoms with Gasteiger partial charge in [-0.15, -0.1) is 0 Å². The zero-order chi connectivity index (χ0) is 10.7. The molecular formula is C8H14O6. The van der Waals surface area contributed by atoms with Crippen molar-refractivity contribution in [3.8, 4) is 0 Å². The highest BCUT2D eigenvalue weighted by molar-refractivity contribution is 5.74. The van der Waals surface area contributed by atoms with Crippen molar-refractivity contribution in [2.24, 2.45) is 0 Å². The lowest BCUT2D eigenvalue weighted by atomic mass is 10.0. The van der Waals surface area contributed by atoms with Crippen LogP contribution in [-0.2, 0) is 19.0 Å². The molecule has 0 aromatic heterocycles. The molecule has 0 spiro atoms. The number of aliphatic hydroxyl groups excluding tert-OH is 2. The van der Waals surface area contributed by atoms with E-state index in [0.29, 0.717) is 0 Å². The van der Waals surface area contributed by atoms with Crippen LogP contribution < -0.4 is 0 Å². The van der Waals surface area contributed by atoms with Crippen LogP contribution in [-0.4, -0.2) is 55.0 Å². The summed E-state index contributed by atoms with van der Waals surface area (Å²) in [4.78, 5) is 11.1. The minimum Gasteiger partial charge on any atom is -0.467 e. The minimum absolute atomic E-state index is 0.00764. The van der Waals surface area contributed by atoms with Gasteiger partial charge in [0.2, 0.25) is 0 Å². The monoisotopic (exact) mass is 206 g/mol. The summed E-state index contributed by atoms with van der Waals surface area (Å²) in [5, 5.41) is 18.7. The second-order valence-corrected chi connectivity index (χ2v) is 3.05. The van der Waals surface area contributed by atoms with Crippen LogP contribution in [0.1, 0.15) is 6.42 Å². The van der Waals surface area contributed by atoms with E-state index in [9.17, 15) is 15.0 Å². The summed E-state index contributed by atoms with van der Waals surface area (Å²) < 4.78 is 14.3. The van der Waals surface area contributed by atoms with Crippen molar-refractivity contribution in [2.75, 3.05) is 14.2 Å². The van der Waals surface area contributed by atoms with Gasteiger partial charge in [-0.25, -0.2) is 4.79 Å². The van der Waals surface area contributed by atoms with E-state index < -0.39 is 30.6 Å². The fourth-order valence-electron chi connectivity index (χ4n) is 1.32. The maximum atomic E-state index is 11.1. The molecule has 6 heteroatoms. The molecule has 1 fully saturated rings. The first kappa shape index (κ1) is 11.4. The molecule has 0 saturated carbocycles. The van der Waals surface area contributed by atoms with Crippen molar-refractivity contribution in [3.05, 3.63) is 0 Å². The highest BCUT2D eigenvalue weighted by Gasteiger charge is 2.40. The predicted octanol–water partition coefficient (Wildman–Crippen LogP) is -1.36. The van der Waals surface area contributed by atoms with Gasteiger partial charge in [-0.05, 0) is 0 Å². The Morgan fingerprint density at radius 1 is 1.43 bits per heavy atom. The fourth-order valence-corrected chi connectivity index (χ4v) is 1.32. The summed E-state index contributed by atoms with van der Waals surface area (Å²) in [6.07, 6.45) is -4.06. The number of ether oxygens (including phenoxy) is 3. The van der Waals surface area contributed by atoms with Gasteiger partial charge in [0.1, 0.15) is 6.10 Å². The number of aliphatic hydroxyl groups is 2. The van der Waals surface area contributed by atoms with Crippen molar-refractivity contribution >= 4 is 5.97 Å². The number of carbonyl (C=O) groups excluding carboxylic acids is 1. The molecule has 4 atom stereocenters. The SMILES string of the molecule is COC(=O)C1C[C@@H](O)C(O)[C@@H](OC)O1. The molecule has 82 valence electrons. The van der Waals surface area contributed by atoms with Gasteiger partial charge in [0.25, 0.3) is 0 Å². The third-order valence-electron chi connectivity index (χ3n) is 2.12. The highest BCUT2D eigenvalue weighted by atomic mass is 16.7. The van der Waals surface area contributed by atoms with E-state index in [1.807, 2.05) is 0 Å². The molecule has 2 N–H and O–H groups in total. The Hall–Kier alpha value is -0.690. The molecule has 0 aromatic rings. The molecule has 1 aliphatic rings. The first-order valence-electron chi connectivity index (χ1n) is 4.22. The van der Waals surface area contributed by atoms with Crippen molar-refractivity contribution in [1.82, 2.24) is 0 Å². The smallest absolute Gasteiger partial charge is 0.335 e. The summed E-state index contributed by atoms with van der Waals surface area (Å²) in [5.41, 5.74) is 0. The average molecular weight is 206 g/mol. The number of hydrogen-bond acceptors (Lipinski definition) is 6. The standard InChI is InChI=1S/C8H14O6/c1-12-7(11)5-3-4(9)6(10)8(13-2)14-5/h4-6,8-10H,3H2,1-2H3/t4-,5?,6?,8+/m1/s1. The Morgan fingerprint density at radius 2 is 2.07 bits per heavy atom. The topological polar surface area (TPSA) is 85.2 Å². The van der Waals surface area contributed by atoms with Crippen LogP contribution in [0, 0.1) is 0 Å². The summed E-state index contributed by atoms with van der Waals surface area (Å²) in [6.45, 7) is 0. The molecule has 1 heterocycles. The average Bonchev–Trinajstić information content (AvgIpc) is 2.20. The first-order valence-corrected chi connectivity index (χ1v) is 4.22. The molecule has 0 amide bonds. The van der Waals surface area contributed by atoms with Gasteiger partial charge in [0, 0.05) is 13.5 Å². The van der Waals surface area contributed by atoms with Crippen LogP contribution >= 0.6 is 0 Å². The van der Waals surface area contributed by atoms with Crippen LogP contribution in [0.3, 0.4) is 0 Å². The maximum Gasteiger partial charge on any atom is 0.335 e. The lowest BCUT2D eigenvalue weighted by molar-refractivity contribution is -0.258. The molecule has 0 aliphatic carbocycles. The van der Waals surface area contributed by atoms with Crippen LogP contribution in [0.4, 0.5) is 0 Å². The van der Waals surface area contributed by atoms with Gasteiger partial charge in [0.05, 0.1) is 13.2 Å². The van der Waals surface area contributed by atoms with Crippen molar-refractivity contribution in [2.45, 2.75) is 31.0 Å². The summed E-state index contributed by atoms with van der Waals surface area (Å²) in [5.74, 6) is -0.585. The molecule has 2 unspecified atom stereocenters. The number of esters is 1. The third-order valence-corrected chi connectivity index (χ3v) is 2.12. The Bertz CT molecular complexity index is 206. The van der Waals surface area contributed by atoms with E-state index in [-0.39, 0.29) is 6.42 Å². The predicted molar refractivity (Wildman–Crippen MR) is 44.3 cm³/mol. The normalized spacial score (nSPS) is 38.0. The Balaban J connectivity index is 2.62. The molecule has 0 bridgehead atoms. The molecule has 1 rings (SSSR count). The summed E-state index contributed by atoms with van der Waals surface area (Å²) in [7, 11) is 2.55. The van der Waals surface area contributed by atoms with E-state index in [1.165, 1.54) is 14.2 Å². The lowest BCUT2D eigenvalue weighted by Gasteiger charge is -2.34. The summed E-state index contributed by atoms with van der Waals surface area (Å²) >= 11 is 0. The zero-order valence-electron chi connectivity index (χ0n) is 8.04. The molecule has 0 radical (unpaired) electrons. The molecular weight excluding hydrogens is 192 g/mol. The van der Waals surface area contributed by atoms with Crippen LogP contribution in [0.5, 0.6) is 0 Å². The van der Waals surface area contributed by atoms with Gasteiger partial charge in [-0.1, -0.05) is 0 Å². The molecule has 1 saturated heterocycles. The summed E-state index contributed by atoms with van der Waals surface area (Å²) in [6, 6.07) is 0. The van der Waals surface area contributed by atoms with E-state index in [2.05, 4.69) is 4.74 Å². The Morgan fingerprint density at radius 3 is 2.57 bits per heavy atom.